The highest BCUT2D eigenvalue weighted by Gasteiger charge is 2.21. The number of anilines is 4. The van der Waals surface area contributed by atoms with Crippen molar-refractivity contribution in [1.29, 1.82) is 0 Å². The van der Waals surface area contributed by atoms with E-state index in [0.717, 1.165) is 56.5 Å². The summed E-state index contributed by atoms with van der Waals surface area (Å²) in [4.78, 5) is 13.3. The Morgan fingerprint density at radius 3 is 1.81 bits per heavy atom. The summed E-state index contributed by atoms with van der Waals surface area (Å²) < 4.78 is 13.2. The number of nitrogens with two attached hydrogens (primary N) is 1. The first-order chi connectivity index (χ1) is 18.2. The van der Waals surface area contributed by atoms with E-state index in [1.807, 2.05) is 12.1 Å². The highest BCUT2D eigenvalue weighted by atomic mass is 19.1. The van der Waals surface area contributed by atoms with Gasteiger partial charge in [0.15, 0.2) is 11.6 Å². The second kappa shape index (κ2) is 17.0. The van der Waals surface area contributed by atoms with Crippen LogP contribution in [0.1, 0.15) is 96.8 Å². The second-order valence-corrected chi connectivity index (χ2v) is 10.4. The fourth-order valence-electron chi connectivity index (χ4n) is 5.13. The van der Waals surface area contributed by atoms with Crippen molar-refractivity contribution in [3.63, 3.8) is 0 Å². The second-order valence-electron chi connectivity index (χ2n) is 10.4. The summed E-state index contributed by atoms with van der Waals surface area (Å²) >= 11 is 0. The number of hydrogen-bond acceptors (Lipinski definition) is 6. The maximum atomic E-state index is 13.2. The smallest absolute Gasteiger partial charge is 0.157 e. The first-order valence-corrected chi connectivity index (χ1v) is 14.8. The standard InChI is InChI=1S/C30H49FN6/c1-2-3-4-5-6-7-8-9-10-11-12-13-14-15-20-33-29-28(32)30(35-25-34-29)37-23-21-36(22-24-37)27-18-16-26(31)17-19-27/h16-19,25H,2-15,20-24,32H2,1H3,(H,33,34,35). The van der Waals surface area contributed by atoms with Gasteiger partial charge in [-0.15, -0.1) is 0 Å². The molecule has 2 aromatic rings. The lowest BCUT2D eigenvalue weighted by molar-refractivity contribution is 0.537. The zero-order valence-corrected chi connectivity index (χ0v) is 23.1. The van der Waals surface area contributed by atoms with Gasteiger partial charge in [-0.2, -0.15) is 0 Å². The van der Waals surface area contributed by atoms with Crippen molar-refractivity contribution in [3.05, 3.63) is 36.4 Å². The quantitative estimate of drug-likeness (QED) is 0.203. The van der Waals surface area contributed by atoms with Gasteiger partial charge in [-0.1, -0.05) is 90.4 Å². The van der Waals surface area contributed by atoms with E-state index in [9.17, 15) is 4.39 Å². The van der Waals surface area contributed by atoms with Gasteiger partial charge < -0.3 is 20.9 Å². The molecule has 1 aliphatic heterocycles. The van der Waals surface area contributed by atoms with E-state index in [4.69, 9.17) is 5.73 Å². The number of unbranched alkanes of at least 4 members (excludes halogenated alkanes) is 13. The van der Waals surface area contributed by atoms with Gasteiger partial charge in [0.1, 0.15) is 17.8 Å². The van der Waals surface area contributed by atoms with Crippen LogP contribution in [0.4, 0.5) is 27.4 Å². The molecule has 37 heavy (non-hydrogen) atoms. The Kier molecular flexibility index (Phi) is 13.3. The van der Waals surface area contributed by atoms with Crippen LogP contribution in [0, 0.1) is 5.82 Å². The van der Waals surface area contributed by atoms with Crippen LogP contribution in [0.2, 0.25) is 0 Å². The van der Waals surface area contributed by atoms with Crippen LogP contribution in [-0.4, -0.2) is 42.7 Å². The van der Waals surface area contributed by atoms with E-state index in [-0.39, 0.29) is 5.82 Å². The third-order valence-corrected chi connectivity index (χ3v) is 7.46. The number of aromatic nitrogens is 2. The van der Waals surface area contributed by atoms with E-state index in [2.05, 4.69) is 32.0 Å². The van der Waals surface area contributed by atoms with Crippen molar-refractivity contribution in [2.75, 3.05) is 53.6 Å². The number of benzene rings is 1. The molecule has 206 valence electrons. The predicted octanol–water partition coefficient (Wildman–Crippen LogP) is 7.42. The minimum absolute atomic E-state index is 0.203. The maximum Gasteiger partial charge on any atom is 0.157 e. The van der Waals surface area contributed by atoms with E-state index >= 15 is 0 Å². The lowest BCUT2D eigenvalue weighted by Gasteiger charge is -2.37. The van der Waals surface area contributed by atoms with Crippen molar-refractivity contribution in [2.24, 2.45) is 0 Å². The van der Waals surface area contributed by atoms with Gasteiger partial charge in [-0.3, -0.25) is 0 Å². The molecule has 0 amide bonds. The summed E-state index contributed by atoms with van der Waals surface area (Å²) in [7, 11) is 0. The molecule has 0 saturated carbocycles. The highest BCUT2D eigenvalue weighted by molar-refractivity contribution is 5.75. The van der Waals surface area contributed by atoms with Crippen LogP contribution >= 0.6 is 0 Å². The molecule has 1 aromatic carbocycles. The zero-order valence-electron chi connectivity index (χ0n) is 23.1. The molecule has 3 N–H and O–H groups in total. The zero-order chi connectivity index (χ0) is 26.1. The number of rotatable bonds is 18. The fourth-order valence-corrected chi connectivity index (χ4v) is 5.13. The molecule has 1 aliphatic rings. The van der Waals surface area contributed by atoms with E-state index < -0.39 is 0 Å². The van der Waals surface area contributed by atoms with Crippen LogP contribution in [0.3, 0.4) is 0 Å². The Labute approximate surface area is 224 Å². The van der Waals surface area contributed by atoms with Crippen molar-refractivity contribution in [3.8, 4) is 0 Å². The topological polar surface area (TPSA) is 70.3 Å². The molecule has 0 spiro atoms. The summed E-state index contributed by atoms with van der Waals surface area (Å²) in [6, 6.07) is 6.70. The molecule has 0 bridgehead atoms. The fraction of sp³-hybridized carbons (Fsp3) is 0.667. The summed E-state index contributed by atoms with van der Waals surface area (Å²) in [6.07, 6.45) is 20.7. The monoisotopic (exact) mass is 512 g/mol. The van der Waals surface area contributed by atoms with Crippen molar-refractivity contribution < 1.29 is 4.39 Å². The van der Waals surface area contributed by atoms with Gasteiger partial charge in [0.2, 0.25) is 0 Å². The molecule has 1 fully saturated rings. The number of hydrogen-bond donors (Lipinski definition) is 2. The average Bonchev–Trinajstić information content (AvgIpc) is 2.92. The molecular formula is C30H49FN6. The van der Waals surface area contributed by atoms with Crippen LogP contribution in [0.15, 0.2) is 30.6 Å². The summed E-state index contributed by atoms with van der Waals surface area (Å²) in [5.41, 5.74) is 8.13. The van der Waals surface area contributed by atoms with Gasteiger partial charge in [-0.25, -0.2) is 14.4 Å². The normalized spacial score (nSPS) is 13.8. The van der Waals surface area contributed by atoms with E-state index in [1.54, 1.807) is 6.33 Å². The summed E-state index contributed by atoms with van der Waals surface area (Å²) in [6.45, 7) is 6.49. The van der Waals surface area contributed by atoms with Crippen LogP contribution in [0.25, 0.3) is 0 Å². The summed E-state index contributed by atoms with van der Waals surface area (Å²) in [5, 5.41) is 3.43. The number of halogens is 1. The molecular weight excluding hydrogens is 463 g/mol. The Bertz CT molecular complexity index is 867. The Balaban J connectivity index is 1.25. The van der Waals surface area contributed by atoms with Crippen molar-refractivity contribution >= 4 is 23.0 Å². The molecule has 7 heteroatoms. The first kappa shape index (κ1) is 29.0. The molecule has 3 rings (SSSR count). The van der Waals surface area contributed by atoms with E-state index in [0.29, 0.717) is 5.69 Å². The molecule has 0 aliphatic carbocycles. The third-order valence-electron chi connectivity index (χ3n) is 7.46. The van der Waals surface area contributed by atoms with Gasteiger partial charge in [0, 0.05) is 38.4 Å². The van der Waals surface area contributed by atoms with Gasteiger partial charge in [-0.05, 0) is 30.7 Å². The van der Waals surface area contributed by atoms with Crippen molar-refractivity contribution in [2.45, 2.75) is 96.8 Å². The van der Waals surface area contributed by atoms with Crippen LogP contribution in [-0.2, 0) is 0 Å². The predicted molar refractivity (Wildman–Crippen MR) is 156 cm³/mol. The minimum Gasteiger partial charge on any atom is -0.393 e. The highest BCUT2D eigenvalue weighted by Crippen LogP contribution is 2.28. The largest absolute Gasteiger partial charge is 0.393 e. The molecule has 1 aromatic heterocycles. The Hall–Kier alpha value is -2.57. The molecule has 2 heterocycles. The molecule has 6 nitrogen and oxygen atoms in total. The average molecular weight is 513 g/mol. The lowest BCUT2D eigenvalue weighted by atomic mass is 10.0. The van der Waals surface area contributed by atoms with Gasteiger partial charge in [0.25, 0.3) is 0 Å². The third kappa shape index (κ3) is 10.4. The maximum absolute atomic E-state index is 13.2. The van der Waals surface area contributed by atoms with E-state index in [1.165, 1.54) is 95.6 Å². The molecule has 0 atom stereocenters. The van der Waals surface area contributed by atoms with Crippen LogP contribution < -0.4 is 20.9 Å². The minimum atomic E-state index is -0.203. The Morgan fingerprint density at radius 1 is 0.730 bits per heavy atom. The molecule has 0 unspecified atom stereocenters. The number of nitrogen functional groups attached to an aromatic ring is 1. The van der Waals surface area contributed by atoms with Gasteiger partial charge >= 0.3 is 0 Å². The van der Waals surface area contributed by atoms with Gasteiger partial charge in [0.05, 0.1) is 0 Å². The van der Waals surface area contributed by atoms with Crippen LogP contribution in [0.5, 0.6) is 0 Å². The molecule has 0 radical (unpaired) electrons. The first-order valence-electron chi connectivity index (χ1n) is 14.8. The van der Waals surface area contributed by atoms with Crippen molar-refractivity contribution in [1.82, 2.24) is 9.97 Å². The number of piperazine rings is 1. The lowest BCUT2D eigenvalue weighted by Crippen LogP contribution is -2.47. The molecule has 1 saturated heterocycles. The number of nitrogens with one attached hydrogen (secondary N) is 1. The SMILES string of the molecule is CCCCCCCCCCCCCCCCNc1ncnc(N2CCN(c3ccc(F)cc3)CC2)c1N. The summed E-state index contributed by atoms with van der Waals surface area (Å²) in [5.74, 6) is 1.34. The number of nitrogens with zero attached hydrogens (tertiary/aromatic N) is 4. The Morgan fingerprint density at radius 2 is 1.24 bits per heavy atom.